The van der Waals surface area contributed by atoms with Gasteiger partial charge in [0.1, 0.15) is 11.5 Å². The van der Waals surface area contributed by atoms with E-state index in [1.54, 1.807) is 26.2 Å². The lowest BCUT2D eigenvalue weighted by Crippen LogP contribution is -2.45. The van der Waals surface area contributed by atoms with Crippen LogP contribution in [0.25, 0.3) is 0 Å². The van der Waals surface area contributed by atoms with Crippen molar-refractivity contribution in [2.75, 3.05) is 27.2 Å². The molecule has 1 aliphatic rings. The van der Waals surface area contributed by atoms with E-state index in [2.05, 4.69) is 20.4 Å². The fourth-order valence-corrected chi connectivity index (χ4v) is 3.33. The number of carbonyl (C=O) groups excluding carboxylic acids is 1. The average Bonchev–Trinajstić information content (AvgIpc) is 2.76. The molecule has 172 valence electrons. The van der Waals surface area contributed by atoms with E-state index in [0.717, 1.165) is 16.9 Å². The van der Waals surface area contributed by atoms with Crippen LogP contribution in [0.1, 0.15) is 29.2 Å². The second-order valence-electron chi connectivity index (χ2n) is 7.67. The first kappa shape index (κ1) is 23.3. The van der Waals surface area contributed by atoms with Crippen LogP contribution in [0.5, 0.6) is 11.5 Å². The predicted molar refractivity (Wildman–Crippen MR) is 118 cm³/mol. The molecule has 0 aromatic heterocycles. The third-order valence-electron chi connectivity index (χ3n) is 5.01. The molecule has 1 atom stereocenters. The maximum atomic E-state index is 12.8. The number of nitrogens with zero attached hydrogens (tertiary/aromatic N) is 2. The number of hydrogen-bond acceptors (Lipinski definition) is 4. The number of hydrogen-bond donors (Lipinski definition) is 2. The lowest BCUT2D eigenvalue weighted by molar-refractivity contribution is -0.127. The molecular formula is C23H28F2N4O3. The molecule has 0 saturated heterocycles. The molecule has 0 saturated carbocycles. The molecule has 2 aromatic carbocycles. The standard InChI is InChI=1S/C23H28F2N4O3/c1-15-8-9-19(32-22(24)25)16(12-15)13-26-23(27-14-21(30)29(2)3)28-18-10-11-31-20-7-5-4-6-17(18)20/h4-9,12,18,22H,10-11,13-14H2,1-3H3,(H2,26,27,28). The number of aryl methyl sites for hydroxylation is 1. The molecule has 2 aromatic rings. The quantitative estimate of drug-likeness (QED) is 0.505. The van der Waals surface area contributed by atoms with Crippen LogP contribution in [-0.2, 0) is 11.3 Å². The third-order valence-corrected chi connectivity index (χ3v) is 5.01. The van der Waals surface area contributed by atoms with E-state index in [1.165, 1.54) is 11.0 Å². The lowest BCUT2D eigenvalue weighted by Gasteiger charge is -2.28. The van der Waals surface area contributed by atoms with Crippen molar-refractivity contribution >= 4 is 11.9 Å². The highest BCUT2D eigenvalue weighted by Crippen LogP contribution is 2.31. The first-order chi connectivity index (χ1) is 15.3. The SMILES string of the molecule is Cc1ccc(OC(F)F)c(CN=C(NCC(=O)N(C)C)NC2CCOc3ccccc32)c1. The number of guanidine groups is 1. The monoisotopic (exact) mass is 446 g/mol. The summed E-state index contributed by atoms with van der Waals surface area (Å²) < 4.78 is 35.9. The molecule has 2 N–H and O–H groups in total. The zero-order valence-electron chi connectivity index (χ0n) is 18.4. The van der Waals surface area contributed by atoms with Gasteiger partial charge in [0.15, 0.2) is 5.96 Å². The topological polar surface area (TPSA) is 75.2 Å². The summed E-state index contributed by atoms with van der Waals surface area (Å²) >= 11 is 0. The number of alkyl halides is 2. The molecule has 1 amide bonds. The van der Waals surface area contributed by atoms with Crippen LogP contribution in [0.3, 0.4) is 0 Å². The Kier molecular flexibility index (Phi) is 7.86. The Morgan fingerprint density at radius 1 is 1.28 bits per heavy atom. The number of rotatable bonds is 7. The van der Waals surface area contributed by atoms with E-state index < -0.39 is 6.61 Å². The van der Waals surface area contributed by atoms with Crippen LogP contribution >= 0.6 is 0 Å². The molecule has 0 aliphatic carbocycles. The van der Waals surface area contributed by atoms with Crippen LogP contribution < -0.4 is 20.1 Å². The van der Waals surface area contributed by atoms with E-state index in [-0.39, 0.29) is 30.8 Å². The fraction of sp³-hybridized carbons (Fsp3) is 0.391. The minimum Gasteiger partial charge on any atom is -0.493 e. The van der Waals surface area contributed by atoms with E-state index >= 15 is 0 Å². The summed E-state index contributed by atoms with van der Waals surface area (Å²) in [4.78, 5) is 18.1. The van der Waals surface area contributed by atoms with E-state index in [9.17, 15) is 13.6 Å². The molecule has 7 nitrogen and oxygen atoms in total. The number of fused-ring (bicyclic) bond motifs is 1. The van der Waals surface area contributed by atoms with Crippen molar-refractivity contribution in [3.05, 3.63) is 59.2 Å². The van der Waals surface area contributed by atoms with E-state index in [0.29, 0.717) is 24.6 Å². The third kappa shape index (κ3) is 6.32. The second-order valence-corrected chi connectivity index (χ2v) is 7.67. The van der Waals surface area contributed by atoms with E-state index in [4.69, 9.17) is 4.74 Å². The highest BCUT2D eigenvalue weighted by Gasteiger charge is 2.22. The van der Waals surface area contributed by atoms with Gasteiger partial charge < -0.3 is 25.0 Å². The predicted octanol–water partition coefficient (Wildman–Crippen LogP) is 3.24. The number of ether oxygens (including phenoxy) is 2. The molecule has 32 heavy (non-hydrogen) atoms. The zero-order valence-corrected chi connectivity index (χ0v) is 18.4. The zero-order chi connectivity index (χ0) is 23.1. The minimum absolute atomic E-state index is 0.0396. The van der Waals surface area contributed by atoms with Crippen molar-refractivity contribution in [3.8, 4) is 11.5 Å². The molecular weight excluding hydrogens is 418 g/mol. The summed E-state index contributed by atoms with van der Waals surface area (Å²) in [5.41, 5.74) is 2.42. The van der Waals surface area contributed by atoms with Crippen molar-refractivity contribution in [1.82, 2.24) is 15.5 Å². The highest BCUT2D eigenvalue weighted by molar-refractivity contribution is 5.86. The summed E-state index contributed by atoms with van der Waals surface area (Å²) in [6.45, 7) is -0.376. The Morgan fingerprint density at radius 2 is 2.06 bits per heavy atom. The van der Waals surface area contributed by atoms with Gasteiger partial charge in [0.2, 0.25) is 5.91 Å². The number of benzene rings is 2. The van der Waals surface area contributed by atoms with Crippen molar-refractivity contribution in [3.63, 3.8) is 0 Å². The summed E-state index contributed by atoms with van der Waals surface area (Å²) in [5.74, 6) is 1.15. The van der Waals surface area contributed by atoms with Crippen LogP contribution in [-0.4, -0.2) is 50.6 Å². The number of likely N-dealkylation sites (N-methyl/N-ethyl adjacent to an activating group) is 1. The molecule has 0 fully saturated rings. The normalized spacial score (nSPS) is 15.6. The van der Waals surface area contributed by atoms with Gasteiger partial charge in [-0.25, -0.2) is 4.99 Å². The second kappa shape index (κ2) is 10.8. The number of para-hydroxylation sites is 1. The summed E-state index contributed by atoms with van der Waals surface area (Å²) in [7, 11) is 3.34. The molecule has 3 rings (SSSR count). The summed E-state index contributed by atoms with van der Waals surface area (Å²) in [6.07, 6.45) is 0.712. The molecule has 0 bridgehead atoms. The summed E-state index contributed by atoms with van der Waals surface area (Å²) in [6, 6.07) is 12.6. The maximum absolute atomic E-state index is 12.8. The van der Waals surface area contributed by atoms with Gasteiger partial charge in [0.05, 0.1) is 25.7 Å². The van der Waals surface area contributed by atoms with Gasteiger partial charge in [-0.05, 0) is 19.1 Å². The first-order valence-electron chi connectivity index (χ1n) is 10.3. The Morgan fingerprint density at radius 3 is 2.81 bits per heavy atom. The van der Waals surface area contributed by atoms with Crippen molar-refractivity contribution in [2.24, 2.45) is 4.99 Å². The van der Waals surface area contributed by atoms with Gasteiger partial charge in [-0.3, -0.25) is 4.79 Å². The number of nitrogens with one attached hydrogen (secondary N) is 2. The van der Waals surface area contributed by atoms with Crippen LogP contribution in [0.4, 0.5) is 8.78 Å². The van der Waals surface area contributed by atoms with Gasteiger partial charge in [0, 0.05) is 31.6 Å². The molecule has 0 spiro atoms. The first-order valence-corrected chi connectivity index (χ1v) is 10.3. The van der Waals surface area contributed by atoms with Crippen LogP contribution in [0, 0.1) is 6.92 Å². The Hall–Kier alpha value is -3.36. The van der Waals surface area contributed by atoms with Crippen LogP contribution in [0.15, 0.2) is 47.5 Å². The molecule has 1 unspecified atom stereocenters. The molecule has 0 radical (unpaired) electrons. The smallest absolute Gasteiger partial charge is 0.387 e. The van der Waals surface area contributed by atoms with Crippen molar-refractivity contribution < 1.29 is 23.0 Å². The molecule has 9 heteroatoms. The van der Waals surface area contributed by atoms with Crippen molar-refractivity contribution in [2.45, 2.75) is 32.5 Å². The Labute approximate surface area is 186 Å². The van der Waals surface area contributed by atoms with Gasteiger partial charge in [-0.15, -0.1) is 0 Å². The van der Waals surface area contributed by atoms with Crippen LogP contribution in [0.2, 0.25) is 0 Å². The van der Waals surface area contributed by atoms with Gasteiger partial charge in [0.25, 0.3) is 0 Å². The number of carbonyl (C=O) groups is 1. The molecule has 1 heterocycles. The Balaban J connectivity index is 1.83. The van der Waals surface area contributed by atoms with E-state index in [1.807, 2.05) is 31.2 Å². The number of halogens is 2. The maximum Gasteiger partial charge on any atom is 0.387 e. The number of amides is 1. The fourth-order valence-electron chi connectivity index (χ4n) is 3.33. The largest absolute Gasteiger partial charge is 0.493 e. The summed E-state index contributed by atoms with van der Waals surface area (Å²) in [5, 5.41) is 6.39. The Bertz CT molecular complexity index is 966. The average molecular weight is 446 g/mol. The number of aliphatic imine (C=N–C) groups is 1. The highest BCUT2D eigenvalue weighted by atomic mass is 19.3. The van der Waals surface area contributed by atoms with Gasteiger partial charge in [-0.2, -0.15) is 8.78 Å². The lowest BCUT2D eigenvalue weighted by atomic mass is 10.0. The van der Waals surface area contributed by atoms with Gasteiger partial charge in [-0.1, -0.05) is 35.9 Å². The van der Waals surface area contributed by atoms with Crippen molar-refractivity contribution in [1.29, 1.82) is 0 Å². The van der Waals surface area contributed by atoms with Gasteiger partial charge >= 0.3 is 6.61 Å². The minimum atomic E-state index is -2.92. The molecule has 1 aliphatic heterocycles.